The molecule has 3 nitrogen and oxygen atoms in total. The molecular weight excluding hydrogens is 224 g/mol. The lowest BCUT2D eigenvalue weighted by Crippen LogP contribution is -2.13. The molecule has 1 amide bonds. The van der Waals surface area contributed by atoms with Crippen LogP contribution in [-0.4, -0.2) is 12.5 Å². The van der Waals surface area contributed by atoms with Gasteiger partial charge < -0.3 is 11.1 Å². The first-order valence-electron chi connectivity index (χ1n) is 6.12. The molecule has 0 aliphatic rings. The van der Waals surface area contributed by atoms with Gasteiger partial charge in [0.05, 0.1) is 6.54 Å². The second kappa shape index (κ2) is 6.83. The van der Waals surface area contributed by atoms with Gasteiger partial charge in [-0.05, 0) is 30.5 Å². The first-order chi connectivity index (χ1) is 8.52. The van der Waals surface area contributed by atoms with Crippen LogP contribution in [0.15, 0.2) is 18.2 Å². The van der Waals surface area contributed by atoms with E-state index in [0.29, 0.717) is 18.9 Å². The third-order valence-electron chi connectivity index (χ3n) is 2.44. The van der Waals surface area contributed by atoms with Crippen LogP contribution in [0.3, 0.4) is 0 Å². The third-order valence-corrected chi connectivity index (χ3v) is 2.44. The molecule has 3 heteroatoms. The zero-order valence-electron chi connectivity index (χ0n) is 11.2. The van der Waals surface area contributed by atoms with Crippen molar-refractivity contribution in [2.24, 2.45) is 11.7 Å². The summed E-state index contributed by atoms with van der Waals surface area (Å²) < 4.78 is 0. The smallest absolute Gasteiger partial charge is 0.224 e. The van der Waals surface area contributed by atoms with Gasteiger partial charge in [-0.2, -0.15) is 0 Å². The molecule has 1 rings (SSSR count). The summed E-state index contributed by atoms with van der Waals surface area (Å²) in [7, 11) is 0. The van der Waals surface area contributed by atoms with Gasteiger partial charge in [-0.15, -0.1) is 0 Å². The molecule has 0 fully saturated rings. The minimum absolute atomic E-state index is 0.0339. The average Bonchev–Trinajstić information content (AvgIpc) is 2.28. The van der Waals surface area contributed by atoms with E-state index in [-0.39, 0.29) is 5.91 Å². The van der Waals surface area contributed by atoms with E-state index in [1.54, 1.807) is 0 Å². The lowest BCUT2D eigenvalue weighted by Gasteiger charge is -2.08. The SMILES string of the molecule is Cc1ccc(NC(=O)CC(C)C)cc1C#CCN. The molecule has 0 atom stereocenters. The maximum atomic E-state index is 11.7. The van der Waals surface area contributed by atoms with E-state index in [1.807, 2.05) is 39.0 Å². The van der Waals surface area contributed by atoms with E-state index in [1.165, 1.54) is 0 Å². The molecule has 0 radical (unpaired) electrons. The van der Waals surface area contributed by atoms with E-state index in [2.05, 4.69) is 17.2 Å². The van der Waals surface area contributed by atoms with Crippen LogP contribution in [0.25, 0.3) is 0 Å². The van der Waals surface area contributed by atoms with Gasteiger partial charge >= 0.3 is 0 Å². The van der Waals surface area contributed by atoms with Gasteiger partial charge in [0.25, 0.3) is 0 Å². The molecule has 0 aromatic heterocycles. The predicted octanol–water partition coefficient (Wildman–Crippen LogP) is 2.29. The molecule has 0 saturated carbocycles. The molecular formula is C15H20N2O. The molecule has 1 aromatic rings. The maximum Gasteiger partial charge on any atom is 0.224 e. The van der Waals surface area contributed by atoms with Crippen molar-refractivity contribution < 1.29 is 4.79 Å². The minimum Gasteiger partial charge on any atom is -0.326 e. The van der Waals surface area contributed by atoms with Crippen molar-refractivity contribution in [2.45, 2.75) is 27.2 Å². The first kappa shape index (κ1) is 14.3. The molecule has 18 heavy (non-hydrogen) atoms. The number of nitrogens with two attached hydrogens (primary N) is 1. The number of anilines is 1. The second-order valence-corrected chi connectivity index (χ2v) is 4.68. The molecule has 1 aromatic carbocycles. The highest BCUT2D eigenvalue weighted by molar-refractivity contribution is 5.91. The summed E-state index contributed by atoms with van der Waals surface area (Å²) in [6, 6.07) is 5.73. The van der Waals surface area contributed by atoms with Crippen LogP contribution < -0.4 is 11.1 Å². The summed E-state index contributed by atoms with van der Waals surface area (Å²) >= 11 is 0. The Kier molecular flexibility index (Phi) is 5.41. The molecule has 3 N–H and O–H groups in total. The predicted molar refractivity (Wildman–Crippen MR) is 75.2 cm³/mol. The van der Waals surface area contributed by atoms with Crippen molar-refractivity contribution in [3.05, 3.63) is 29.3 Å². The fourth-order valence-electron chi connectivity index (χ4n) is 1.56. The van der Waals surface area contributed by atoms with Crippen LogP contribution in [0.2, 0.25) is 0 Å². The van der Waals surface area contributed by atoms with Crippen LogP contribution in [0.1, 0.15) is 31.4 Å². The topological polar surface area (TPSA) is 55.1 Å². The zero-order chi connectivity index (χ0) is 13.5. The van der Waals surface area contributed by atoms with Gasteiger partial charge in [-0.3, -0.25) is 4.79 Å². The number of carbonyl (C=O) groups excluding carboxylic acids is 1. The molecule has 0 heterocycles. The molecule has 0 unspecified atom stereocenters. The first-order valence-corrected chi connectivity index (χ1v) is 6.12. The van der Waals surface area contributed by atoms with Gasteiger partial charge in [0.1, 0.15) is 0 Å². The summed E-state index contributed by atoms with van der Waals surface area (Å²) in [5.74, 6) is 6.21. The van der Waals surface area contributed by atoms with Crippen LogP contribution >= 0.6 is 0 Å². The molecule has 0 aliphatic heterocycles. The van der Waals surface area contributed by atoms with Gasteiger partial charge in [0.15, 0.2) is 0 Å². The summed E-state index contributed by atoms with van der Waals surface area (Å²) in [5.41, 5.74) is 8.13. The number of hydrogen-bond donors (Lipinski definition) is 2. The number of benzene rings is 1. The molecule has 96 valence electrons. The zero-order valence-corrected chi connectivity index (χ0v) is 11.2. The standard InChI is InChI=1S/C15H20N2O/c1-11(2)9-15(18)17-14-7-6-12(3)13(10-14)5-4-8-16/h6-7,10-11H,8-9,16H2,1-3H3,(H,17,18). The summed E-state index contributed by atoms with van der Waals surface area (Å²) in [6.45, 7) is 6.36. The number of carbonyl (C=O) groups is 1. The monoisotopic (exact) mass is 244 g/mol. The van der Waals surface area contributed by atoms with E-state index in [4.69, 9.17) is 5.73 Å². The minimum atomic E-state index is 0.0339. The molecule has 0 bridgehead atoms. The van der Waals surface area contributed by atoms with E-state index in [0.717, 1.165) is 16.8 Å². The fraction of sp³-hybridized carbons (Fsp3) is 0.400. The largest absolute Gasteiger partial charge is 0.326 e. The Morgan fingerprint density at radius 1 is 1.44 bits per heavy atom. The van der Waals surface area contributed by atoms with E-state index >= 15 is 0 Å². The molecule has 0 aliphatic carbocycles. The summed E-state index contributed by atoms with van der Waals surface area (Å²) in [6.07, 6.45) is 0.525. The third kappa shape index (κ3) is 4.60. The number of aryl methyl sites for hydroxylation is 1. The molecule has 0 spiro atoms. The average molecular weight is 244 g/mol. The number of hydrogen-bond acceptors (Lipinski definition) is 2. The van der Waals surface area contributed by atoms with E-state index < -0.39 is 0 Å². The van der Waals surface area contributed by atoms with Gasteiger partial charge in [-0.1, -0.05) is 31.8 Å². The van der Waals surface area contributed by atoms with Crippen molar-refractivity contribution in [3.63, 3.8) is 0 Å². The highest BCUT2D eigenvalue weighted by atomic mass is 16.1. The number of nitrogens with one attached hydrogen (secondary N) is 1. The Labute approximate surface area is 109 Å². The molecule has 0 saturated heterocycles. The lowest BCUT2D eigenvalue weighted by molar-refractivity contribution is -0.116. The summed E-state index contributed by atoms with van der Waals surface area (Å²) in [5, 5.41) is 2.88. The van der Waals surface area contributed by atoms with Crippen LogP contribution in [0.5, 0.6) is 0 Å². The Bertz CT molecular complexity index is 481. The summed E-state index contributed by atoms with van der Waals surface area (Å²) in [4.78, 5) is 11.7. The Hall–Kier alpha value is -1.79. The van der Waals surface area contributed by atoms with E-state index in [9.17, 15) is 4.79 Å². The van der Waals surface area contributed by atoms with Crippen molar-refractivity contribution in [2.75, 3.05) is 11.9 Å². The van der Waals surface area contributed by atoms with Crippen molar-refractivity contribution >= 4 is 11.6 Å². The second-order valence-electron chi connectivity index (χ2n) is 4.68. The van der Waals surface area contributed by atoms with Crippen molar-refractivity contribution in [1.82, 2.24) is 0 Å². The fourth-order valence-corrected chi connectivity index (χ4v) is 1.56. The van der Waals surface area contributed by atoms with Crippen LogP contribution in [0.4, 0.5) is 5.69 Å². The number of rotatable bonds is 3. The highest BCUT2D eigenvalue weighted by Crippen LogP contribution is 2.15. The van der Waals surface area contributed by atoms with Crippen molar-refractivity contribution in [1.29, 1.82) is 0 Å². The quantitative estimate of drug-likeness (QED) is 0.801. The van der Waals surface area contributed by atoms with Crippen molar-refractivity contribution in [3.8, 4) is 11.8 Å². The Balaban J connectivity index is 2.82. The Morgan fingerprint density at radius 3 is 2.78 bits per heavy atom. The van der Waals surface area contributed by atoms with Gasteiger partial charge in [0, 0.05) is 17.7 Å². The van der Waals surface area contributed by atoms with Gasteiger partial charge in [-0.25, -0.2) is 0 Å². The normalized spacial score (nSPS) is 9.83. The van der Waals surface area contributed by atoms with Crippen LogP contribution in [-0.2, 0) is 4.79 Å². The highest BCUT2D eigenvalue weighted by Gasteiger charge is 2.06. The number of amides is 1. The Morgan fingerprint density at radius 2 is 2.17 bits per heavy atom. The van der Waals surface area contributed by atoms with Gasteiger partial charge in [0.2, 0.25) is 5.91 Å². The maximum absolute atomic E-state index is 11.7. The lowest BCUT2D eigenvalue weighted by atomic mass is 10.1. The van der Waals surface area contributed by atoms with Crippen LogP contribution in [0, 0.1) is 24.7 Å².